The SMILES string of the molecule is CC[C@@H]1OC(=O)[C@H](C)C(=O)/C(C)=C/[C@H](C)C[C@H](C)C(=O)/C=C/[C@@H]1C. The minimum atomic E-state index is -0.805. The van der Waals surface area contributed by atoms with Gasteiger partial charge in [0.25, 0.3) is 0 Å². The molecule has 134 valence electrons. The van der Waals surface area contributed by atoms with E-state index in [4.69, 9.17) is 4.74 Å². The third-order valence-electron chi connectivity index (χ3n) is 4.70. The highest BCUT2D eigenvalue weighted by Crippen LogP contribution is 2.21. The number of cyclic esters (lactones) is 1. The summed E-state index contributed by atoms with van der Waals surface area (Å²) in [6.07, 6.45) is 6.25. The molecule has 0 fully saturated rings. The van der Waals surface area contributed by atoms with E-state index in [1.165, 1.54) is 0 Å². The van der Waals surface area contributed by atoms with Gasteiger partial charge < -0.3 is 4.74 Å². The molecule has 0 bridgehead atoms. The molecule has 4 nitrogen and oxygen atoms in total. The zero-order chi connectivity index (χ0) is 18.4. The fourth-order valence-corrected chi connectivity index (χ4v) is 3.05. The van der Waals surface area contributed by atoms with Crippen molar-refractivity contribution >= 4 is 17.5 Å². The molecule has 0 aromatic carbocycles. The number of allylic oxidation sites excluding steroid dienone is 3. The lowest BCUT2D eigenvalue weighted by molar-refractivity contribution is -0.157. The van der Waals surface area contributed by atoms with Crippen molar-refractivity contribution in [3.63, 3.8) is 0 Å². The van der Waals surface area contributed by atoms with Gasteiger partial charge in [0.2, 0.25) is 0 Å². The molecule has 0 aromatic rings. The van der Waals surface area contributed by atoms with Crippen molar-refractivity contribution in [2.75, 3.05) is 0 Å². The van der Waals surface area contributed by atoms with E-state index in [9.17, 15) is 14.4 Å². The maximum atomic E-state index is 12.4. The second kappa shape index (κ2) is 8.95. The van der Waals surface area contributed by atoms with Crippen molar-refractivity contribution in [1.29, 1.82) is 0 Å². The maximum absolute atomic E-state index is 12.4. The Labute approximate surface area is 145 Å². The van der Waals surface area contributed by atoms with Crippen molar-refractivity contribution in [2.24, 2.45) is 23.7 Å². The van der Waals surface area contributed by atoms with Crippen molar-refractivity contribution < 1.29 is 19.1 Å². The highest BCUT2D eigenvalue weighted by molar-refractivity contribution is 6.07. The van der Waals surface area contributed by atoms with Crippen molar-refractivity contribution in [3.05, 3.63) is 23.8 Å². The summed E-state index contributed by atoms with van der Waals surface area (Å²) in [6.45, 7) is 11.1. The van der Waals surface area contributed by atoms with Crippen LogP contribution in [0.1, 0.15) is 54.4 Å². The Balaban J connectivity index is 3.16. The number of rotatable bonds is 1. The first-order valence-corrected chi connectivity index (χ1v) is 8.82. The van der Waals surface area contributed by atoms with Crippen LogP contribution in [0.3, 0.4) is 0 Å². The summed E-state index contributed by atoms with van der Waals surface area (Å²) in [6, 6.07) is 0. The molecule has 0 saturated carbocycles. The number of hydrogen-bond donors (Lipinski definition) is 0. The predicted molar refractivity (Wildman–Crippen MR) is 94.4 cm³/mol. The number of hydrogen-bond acceptors (Lipinski definition) is 4. The first-order valence-electron chi connectivity index (χ1n) is 8.82. The molecule has 1 aliphatic heterocycles. The summed E-state index contributed by atoms with van der Waals surface area (Å²) < 4.78 is 5.53. The average Bonchev–Trinajstić information content (AvgIpc) is 2.54. The quantitative estimate of drug-likeness (QED) is 0.539. The molecule has 1 aliphatic rings. The van der Waals surface area contributed by atoms with E-state index in [1.807, 2.05) is 39.8 Å². The Morgan fingerprint density at radius 2 is 1.75 bits per heavy atom. The molecule has 1 rings (SSSR count). The van der Waals surface area contributed by atoms with Crippen molar-refractivity contribution in [1.82, 2.24) is 0 Å². The van der Waals surface area contributed by atoms with Gasteiger partial charge in [0, 0.05) is 11.8 Å². The fourth-order valence-electron chi connectivity index (χ4n) is 3.05. The third kappa shape index (κ3) is 5.43. The molecular weight excluding hydrogens is 304 g/mol. The monoisotopic (exact) mass is 334 g/mol. The van der Waals surface area contributed by atoms with E-state index in [1.54, 1.807) is 19.9 Å². The molecule has 0 spiro atoms. The smallest absolute Gasteiger partial charge is 0.316 e. The van der Waals surface area contributed by atoms with Crippen LogP contribution >= 0.6 is 0 Å². The zero-order valence-corrected chi connectivity index (χ0v) is 15.7. The topological polar surface area (TPSA) is 60.4 Å². The average molecular weight is 334 g/mol. The summed E-state index contributed by atoms with van der Waals surface area (Å²) in [4.78, 5) is 37.0. The van der Waals surface area contributed by atoms with E-state index >= 15 is 0 Å². The van der Waals surface area contributed by atoms with Crippen molar-refractivity contribution in [2.45, 2.75) is 60.5 Å². The Kier molecular flexibility index (Phi) is 7.59. The van der Waals surface area contributed by atoms with Gasteiger partial charge in [-0.15, -0.1) is 0 Å². The number of Topliss-reactive ketones (excluding diaryl/α,β-unsaturated/α-hetero) is 1. The highest BCUT2D eigenvalue weighted by Gasteiger charge is 2.28. The molecule has 0 radical (unpaired) electrons. The minimum Gasteiger partial charge on any atom is -0.461 e. The number of carbonyl (C=O) groups excluding carboxylic acids is 3. The molecule has 0 saturated heterocycles. The standard InChI is InChI=1S/C20H30O4/c1-7-18-13(3)8-9-17(21)14(4)10-12(2)11-15(5)19(22)16(6)20(23)24-18/h8-9,11-14,16,18H,7,10H2,1-6H3/b9-8+,15-11+/t12-,13+,14+,16-,18+/m1/s1. The summed E-state index contributed by atoms with van der Waals surface area (Å²) in [5, 5.41) is 0. The number of ether oxygens (including phenoxy) is 1. The second-order valence-corrected chi connectivity index (χ2v) is 7.05. The Morgan fingerprint density at radius 1 is 1.12 bits per heavy atom. The van der Waals surface area contributed by atoms with E-state index in [2.05, 4.69) is 0 Å². The summed E-state index contributed by atoms with van der Waals surface area (Å²) in [5.74, 6) is -1.53. The molecule has 0 amide bonds. The van der Waals surface area contributed by atoms with Gasteiger partial charge in [-0.25, -0.2) is 0 Å². The molecule has 1 heterocycles. The van der Waals surface area contributed by atoms with Gasteiger partial charge in [0.15, 0.2) is 11.6 Å². The van der Waals surface area contributed by atoms with Crippen LogP contribution in [0.25, 0.3) is 0 Å². The summed E-state index contributed by atoms with van der Waals surface area (Å²) in [5.41, 5.74) is 0.556. The third-order valence-corrected chi connectivity index (χ3v) is 4.70. The minimum absolute atomic E-state index is 0.0673. The van der Waals surface area contributed by atoms with Crippen LogP contribution in [0.5, 0.6) is 0 Å². The fraction of sp³-hybridized carbons (Fsp3) is 0.650. The van der Waals surface area contributed by atoms with Crippen LogP contribution in [0.15, 0.2) is 23.8 Å². The maximum Gasteiger partial charge on any atom is 0.316 e. The van der Waals surface area contributed by atoms with Crippen molar-refractivity contribution in [3.8, 4) is 0 Å². The van der Waals surface area contributed by atoms with E-state index in [0.717, 1.165) is 0 Å². The van der Waals surface area contributed by atoms with Gasteiger partial charge in [-0.2, -0.15) is 0 Å². The predicted octanol–water partition coefficient (Wildman–Crippen LogP) is 3.90. The molecular formula is C20H30O4. The van der Waals surface area contributed by atoms with E-state index in [-0.39, 0.29) is 35.4 Å². The van der Waals surface area contributed by atoms with Gasteiger partial charge in [-0.05, 0) is 44.3 Å². The lowest BCUT2D eigenvalue weighted by atomic mass is 9.89. The first kappa shape index (κ1) is 20.3. The van der Waals surface area contributed by atoms with Crippen LogP contribution in [0.4, 0.5) is 0 Å². The lowest BCUT2D eigenvalue weighted by Gasteiger charge is -2.23. The molecule has 0 aliphatic carbocycles. The number of esters is 1. The van der Waals surface area contributed by atoms with Gasteiger partial charge >= 0.3 is 5.97 Å². The van der Waals surface area contributed by atoms with Gasteiger partial charge in [0.1, 0.15) is 12.0 Å². The number of ketones is 2. The summed E-state index contributed by atoms with van der Waals surface area (Å²) >= 11 is 0. The Bertz CT molecular complexity index is 544. The molecule has 5 atom stereocenters. The van der Waals surface area contributed by atoms with Crippen LogP contribution in [-0.2, 0) is 19.1 Å². The lowest BCUT2D eigenvalue weighted by Crippen LogP contribution is -2.31. The van der Waals surface area contributed by atoms with Gasteiger partial charge in [-0.3, -0.25) is 14.4 Å². The summed E-state index contributed by atoms with van der Waals surface area (Å²) in [7, 11) is 0. The van der Waals surface area contributed by atoms with Crippen LogP contribution < -0.4 is 0 Å². The van der Waals surface area contributed by atoms with Gasteiger partial charge in [-0.1, -0.05) is 39.8 Å². The molecule has 4 heteroatoms. The zero-order valence-electron chi connectivity index (χ0n) is 15.7. The molecule has 24 heavy (non-hydrogen) atoms. The Morgan fingerprint density at radius 3 is 2.33 bits per heavy atom. The van der Waals surface area contributed by atoms with E-state index < -0.39 is 11.9 Å². The van der Waals surface area contributed by atoms with Crippen LogP contribution in [0, 0.1) is 23.7 Å². The highest BCUT2D eigenvalue weighted by atomic mass is 16.5. The molecule has 0 unspecified atom stereocenters. The normalized spacial score (nSPS) is 37.2. The second-order valence-electron chi connectivity index (χ2n) is 7.05. The van der Waals surface area contributed by atoms with Crippen LogP contribution in [-0.4, -0.2) is 23.6 Å². The Hall–Kier alpha value is -1.71. The molecule has 0 N–H and O–H groups in total. The van der Waals surface area contributed by atoms with Gasteiger partial charge in [0.05, 0.1) is 0 Å². The van der Waals surface area contributed by atoms with E-state index in [0.29, 0.717) is 18.4 Å². The molecule has 0 aromatic heterocycles. The largest absolute Gasteiger partial charge is 0.461 e. The number of carbonyl (C=O) groups is 3. The van der Waals surface area contributed by atoms with Crippen LogP contribution in [0.2, 0.25) is 0 Å². The first-order chi connectivity index (χ1) is 11.2.